The number of hydrogen-bond donors (Lipinski definition) is 6. The van der Waals surface area contributed by atoms with E-state index < -0.39 is 14.6 Å². The molecule has 0 radical (unpaired) electrons. The second-order valence-electron chi connectivity index (χ2n) is 3.27. The Balaban J connectivity index is 0. The average Bonchev–Trinajstić information content (AvgIpc) is 2.03. The quantitative estimate of drug-likeness (QED) is 0.271. The summed E-state index contributed by atoms with van der Waals surface area (Å²) in [5.41, 5.74) is -0.306. The molecule has 0 atom stereocenters. The van der Waals surface area contributed by atoms with Crippen molar-refractivity contribution in [3.8, 4) is 0 Å². The number of hydrogen-bond acceptors (Lipinski definition) is 7. The molecule has 9 heteroatoms. The largest absolute Gasteiger partial charge is 0.621 e. The summed E-state index contributed by atoms with van der Waals surface area (Å²) in [4.78, 5) is 0. The summed E-state index contributed by atoms with van der Waals surface area (Å²) in [6.07, 6.45) is 0. The van der Waals surface area contributed by atoms with Gasteiger partial charge in [-0.25, -0.2) is 0 Å². The Morgan fingerprint density at radius 2 is 1.21 bits per heavy atom. The topological polar surface area (TPSA) is 131 Å². The predicted molar refractivity (Wildman–Crippen MR) is 49.4 cm³/mol. The first-order chi connectivity index (χ1) is 6.25. The van der Waals surface area contributed by atoms with Crippen LogP contribution in [0.1, 0.15) is 13.8 Å². The summed E-state index contributed by atoms with van der Waals surface area (Å²) in [6.45, 7) is 3.69. The van der Waals surface area contributed by atoms with Gasteiger partial charge in [-0.3, -0.25) is 0 Å². The smallest absolute Gasteiger partial charge is 0.402 e. The lowest BCUT2D eigenvalue weighted by molar-refractivity contribution is 0.0857. The molecule has 0 fully saturated rings. The van der Waals surface area contributed by atoms with Crippen molar-refractivity contribution in [1.82, 2.24) is 0 Å². The molecule has 0 saturated heterocycles. The Morgan fingerprint density at radius 3 is 1.21 bits per heavy atom. The lowest BCUT2D eigenvalue weighted by atomic mass is 9.97. The highest BCUT2D eigenvalue weighted by Gasteiger charge is 2.18. The zero-order valence-corrected chi connectivity index (χ0v) is 8.16. The fourth-order valence-corrected chi connectivity index (χ4v) is 0.159. The van der Waals surface area contributed by atoms with Crippen molar-refractivity contribution < 1.29 is 34.9 Å². The molecule has 0 spiro atoms. The van der Waals surface area contributed by atoms with Gasteiger partial charge in [-0.05, 0) is 0 Å². The number of aliphatic hydroxyl groups excluding tert-OH is 2. The highest BCUT2D eigenvalue weighted by Crippen LogP contribution is 2.10. The fourth-order valence-electron chi connectivity index (χ4n) is 0.159. The molecule has 14 heavy (non-hydrogen) atoms. The van der Waals surface area contributed by atoms with Crippen LogP contribution in [-0.4, -0.2) is 58.2 Å². The maximum atomic E-state index is 8.43. The van der Waals surface area contributed by atoms with Crippen LogP contribution in [0.3, 0.4) is 0 Å². The van der Waals surface area contributed by atoms with Gasteiger partial charge in [0, 0.05) is 5.41 Å². The maximum Gasteiger partial charge on any atom is 0.621 e. The third kappa shape index (κ3) is 14.4. The molecule has 0 aromatic carbocycles. The molecule has 84 valence electrons. The second kappa shape index (κ2) is 8.18. The van der Waals surface area contributed by atoms with Gasteiger partial charge in [-0.15, -0.1) is 0 Å². The number of rotatable bonds is 4. The maximum absolute atomic E-state index is 8.43. The van der Waals surface area contributed by atoms with Crippen LogP contribution in [0.4, 0.5) is 0 Å². The van der Waals surface area contributed by atoms with E-state index in [4.69, 9.17) is 30.3 Å². The molecule has 0 aliphatic rings. The summed E-state index contributed by atoms with van der Waals surface area (Å²) in [6, 6.07) is 0. The molecule has 0 bridgehead atoms. The van der Waals surface area contributed by atoms with E-state index >= 15 is 0 Å². The highest BCUT2D eigenvalue weighted by atomic mass is 16.7. The van der Waals surface area contributed by atoms with E-state index in [-0.39, 0.29) is 18.6 Å². The van der Waals surface area contributed by atoms with Crippen molar-refractivity contribution >= 4 is 14.6 Å². The molecular weight excluding hydrogens is 194 g/mol. The van der Waals surface area contributed by atoms with Gasteiger partial charge in [-0.2, -0.15) is 0 Å². The summed E-state index contributed by atoms with van der Waals surface area (Å²) in [5.74, 6) is 0. The lowest BCUT2D eigenvalue weighted by Crippen LogP contribution is -2.28. The van der Waals surface area contributed by atoms with Crippen molar-refractivity contribution in [2.75, 3.05) is 13.2 Å². The van der Waals surface area contributed by atoms with Crippen molar-refractivity contribution in [1.29, 1.82) is 0 Å². The molecular formula is C5H16B2O7. The van der Waals surface area contributed by atoms with Crippen LogP contribution in [0, 0.1) is 5.41 Å². The van der Waals surface area contributed by atoms with Crippen LogP contribution in [0.25, 0.3) is 0 Å². The Kier molecular flexibility index (Phi) is 9.52. The minimum absolute atomic E-state index is 0.0451. The molecule has 0 aliphatic heterocycles. The predicted octanol–water partition coefficient (Wildman–Crippen LogP) is -3.06. The summed E-state index contributed by atoms with van der Waals surface area (Å²) < 4.78 is 3.47. The normalized spacial score (nSPS) is 10.3. The fraction of sp³-hybridized carbons (Fsp3) is 1.00. The molecule has 0 saturated carbocycles. The molecule has 0 aromatic heterocycles. The van der Waals surface area contributed by atoms with Crippen molar-refractivity contribution in [2.24, 2.45) is 5.41 Å². The van der Waals surface area contributed by atoms with E-state index in [1.165, 1.54) is 0 Å². The minimum atomic E-state index is -2.13. The van der Waals surface area contributed by atoms with E-state index in [1.54, 1.807) is 13.8 Å². The molecule has 0 aromatic rings. The van der Waals surface area contributed by atoms with Crippen molar-refractivity contribution in [2.45, 2.75) is 13.8 Å². The van der Waals surface area contributed by atoms with Crippen LogP contribution < -0.4 is 0 Å². The molecule has 0 heterocycles. The molecule has 7 nitrogen and oxygen atoms in total. The molecule has 0 aliphatic carbocycles. The van der Waals surface area contributed by atoms with Crippen molar-refractivity contribution in [3.63, 3.8) is 0 Å². The Hall–Kier alpha value is -0.150. The van der Waals surface area contributed by atoms with Gasteiger partial charge in [0.15, 0.2) is 0 Å². The van der Waals surface area contributed by atoms with Gasteiger partial charge >= 0.3 is 14.6 Å². The highest BCUT2D eigenvalue weighted by molar-refractivity contribution is 6.48. The van der Waals surface area contributed by atoms with E-state index in [9.17, 15) is 0 Å². The summed E-state index contributed by atoms with van der Waals surface area (Å²) >= 11 is 0. The van der Waals surface area contributed by atoms with Crippen LogP contribution >= 0.6 is 0 Å². The Morgan fingerprint density at radius 1 is 0.929 bits per heavy atom. The lowest BCUT2D eigenvalue weighted by Gasteiger charge is -2.16. The second-order valence-corrected chi connectivity index (χ2v) is 3.27. The summed E-state index contributed by atoms with van der Waals surface area (Å²) in [7, 11) is -4.25. The Bertz CT molecular complexity index is 117. The van der Waals surface area contributed by atoms with E-state index in [0.29, 0.717) is 0 Å². The van der Waals surface area contributed by atoms with Gasteiger partial charge in [0.05, 0.1) is 13.2 Å². The van der Waals surface area contributed by atoms with E-state index in [0.717, 1.165) is 0 Å². The number of aliphatic hydroxyl groups is 2. The standard InChI is InChI=1S/C5H12O2.B2H4O5/c1-5(2,3-6)4-7;3-1(4)7-2(5)6/h6-7H,3-4H2,1-2H3;3-6H. The van der Waals surface area contributed by atoms with Crippen LogP contribution in [0.5, 0.6) is 0 Å². The van der Waals surface area contributed by atoms with E-state index in [2.05, 4.69) is 4.57 Å². The third-order valence-electron chi connectivity index (χ3n) is 1.10. The van der Waals surface area contributed by atoms with E-state index in [1.807, 2.05) is 0 Å². The SMILES string of the molecule is CC(C)(CO)CO.OB(O)OB(O)O. The minimum Gasteiger partial charge on any atom is -0.402 e. The van der Waals surface area contributed by atoms with Crippen LogP contribution in [0.2, 0.25) is 0 Å². The van der Waals surface area contributed by atoms with Gasteiger partial charge in [0.2, 0.25) is 0 Å². The first kappa shape index (κ1) is 16.3. The van der Waals surface area contributed by atoms with Gasteiger partial charge < -0.3 is 34.9 Å². The molecule has 0 rings (SSSR count). The van der Waals surface area contributed by atoms with Gasteiger partial charge in [0.1, 0.15) is 0 Å². The zero-order valence-electron chi connectivity index (χ0n) is 8.16. The average molecular weight is 210 g/mol. The van der Waals surface area contributed by atoms with Crippen LogP contribution in [0.15, 0.2) is 0 Å². The van der Waals surface area contributed by atoms with Crippen LogP contribution in [-0.2, 0) is 4.57 Å². The Labute approximate surface area is 82.9 Å². The molecule has 0 amide bonds. The molecule has 6 N–H and O–H groups in total. The monoisotopic (exact) mass is 210 g/mol. The first-order valence-corrected chi connectivity index (χ1v) is 3.84. The molecule has 0 unspecified atom stereocenters. The van der Waals surface area contributed by atoms with Gasteiger partial charge in [-0.1, -0.05) is 13.8 Å². The summed E-state index contributed by atoms with van der Waals surface area (Å²) in [5, 5.41) is 47.8. The third-order valence-corrected chi connectivity index (χ3v) is 1.10. The first-order valence-electron chi connectivity index (χ1n) is 3.84. The van der Waals surface area contributed by atoms with Crippen molar-refractivity contribution in [3.05, 3.63) is 0 Å². The zero-order chi connectivity index (χ0) is 11.8. The van der Waals surface area contributed by atoms with Gasteiger partial charge in [0.25, 0.3) is 0 Å².